The highest BCUT2D eigenvalue weighted by atomic mass is 35.5. The van der Waals surface area contributed by atoms with Gasteiger partial charge in [0.2, 0.25) is 0 Å². The molecule has 4 nitrogen and oxygen atoms in total. The Labute approximate surface area is 155 Å². The Bertz CT molecular complexity index is 961. The zero-order valence-corrected chi connectivity index (χ0v) is 15.1. The van der Waals surface area contributed by atoms with E-state index in [1.807, 2.05) is 12.1 Å². The molecule has 6 heteroatoms. The van der Waals surface area contributed by atoms with E-state index in [1.54, 1.807) is 38.2 Å². The van der Waals surface area contributed by atoms with E-state index < -0.39 is 12.1 Å². The van der Waals surface area contributed by atoms with Crippen molar-refractivity contribution < 1.29 is 18.7 Å². The molecule has 3 aromatic rings. The molecule has 0 aliphatic heterocycles. The van der Waals surface area contributed by atoms with Gasteiger partial charge < -0.3 is 9.47 Å². The number of fused-ring (bicyclic) bond motifs is 1. The van der Waals surface area contributed by atoms with Crippen molar-refractivity contribution in [1.29, 1.82) is 0 Å². The maximum absolute atomic E-state index is 13.3. The molecule has 3 rings (SSSR count). The van der Waals surface area contributed by atoms with Crippen LogP contribution in [0.1, 0.15) is 13.8 Å². The molecule has 0 radical (unpaired) electrons. The van der Waals surface area contributed by atoms with Gasteiger partial charge >= 0.3 is 5.97 Å². The zero-order chi connectivity index (χ0) is 18.7. The van der Waals surface area contributed by atoms with Gasteiger partial charge in [-0.25, -0.2) is 9.18 Å². The highest BCUT2D eigenvalue weighted by Crippen LogP contribution is 2.34. The van der Waals surface area contributed by atoms with Gasteiger partial charge in [0.15, 0.2) is 6.10 Å². The number of nitrogens with zero attached hydrogens (tertiary/aromatic N) is 1. The summed E-state index contributed by atoms with van der Waals surface area (Å²) in [6.45, 7) is 3.67. The van der Waals surface area contributed by atoms with Gasteiger partial charge in [-0.05, 0) is 55.8 Å². The number of ether oxygens (including phenoxy) is 2. The topological polar surface area (TPSA) is 48.4 Å². The van der Waals surface area contributed by atoms with Crippen molar-refractivity contribution in [1.82, 2.24) is 4.98 Å². The summed E-state index contributed by atoms with van der Waals surface area (Å²) in [7, 11) is 0. The predicted octanol–water partition coefficient (Wildman–Crippen LogP) is 5.02. The molecule has 0 spiro atoms. The van der Waals surface area contributed by atoms with Crippen molar-refractivity contribution in [2.45, 2.75) is 20.0 Å². The zero-order valence-electron chi connectivity index (χ0n) is 14.3. The number of rotatable bonds is 5. The largest absolute Gasteiger partial charge is 0.479 e. The maximum Gasteiger partial charge on any atom is 0.347 e. The lowest BCUT2D eigenvalue weighted by Gasteiger charge is -2.14. The van der Waals surface area contributed by atoms with Crippen LogP contribution in [0, 0.1) is 5.82 Å². The Hall–Kier alpha value is -2.66. The van der Waals surface area contributed by atoms with Crippen LogP contribution >= 0.6 is 11.6 Å². The summed E-state index contributed by atoms with van der Waals surface area (Å²) in [5.74, 6) is -0.305. The third kappa shape index (κ3) is 3.78. The fourth-order valence-corrected chi connectivity index (χ4v) is 2.92. The summed E-state index contributed by atoms with van der Waals surface area (Å²) in [5, 5.41) is 1.17. The van der Waals surface area contributed by atoms with Crippen LogP contribution in [-0.4, -0.2) is 23.7 Å². The summed E-state index contributed by atoms with van der Waals surface area (Å²) in [5.41, 5.74) is 2.23. The molecule has 0 fully saturated rings. The lowest BCUT2D eigenvalue weighted by molar-refractivity contribution is -0.150. The standard InChI is InChI=1S/C20H17ClFNO3/c1-3-25-20(24)12(2)26-14-5-7-17-15(8-9-23-19(17)11-14)16-6-4-13(22)10-18(16)21/h4-12H,3H2,1-2H3. The van der Waals surface area contributed by atoms with Crippen LogP contribution in [-0.2, 0) is 9.53 Å². The average molecular weight is 374 g/mol. The smallest absolute Gasteiger partial charge is 0.347 e. The molecule has 1 unspecified atom stereocenters. The number of halogens is 2. The van der Waals surface area contributed by atoms with E-state index >= 15 is 0 Å². The molecule has 0 bridgehead atoms. The van der Waals surface area contributed by atoms with Crippen LogP contribution in [0.3, 0.4) is 0 Å². The van der Waals surface area contributed by atoms with Gasteiger partial charge in [-0.3, -0.25) is 4.98 Å². The molecular weight excluding hydrogens is 357 g/mol. The Morgan fingerprint density at radius 2 is 2.00 bits per heavy atom. The van der Waals surface area contributed by atoms with Gasteiger partial charge in [0.05, 0.1) is 17.1 Å². The van der Waals surface area contributed by atoms with Gasteiger partial charge in [0.25, 0.3) is 0 Å². The Morgan fingerprint density at radius 3 is 2.73 bits per heavy atom. The van der Waals surface area contributed by atoms with Gasteiger partial charge in [-0.2, -0.15) is 0 Å². The average Bonchev–Trinajstić information content (AvgIpc) is 2.61. The van der Waals surface area contributed by atoms with Gasteiger partial charge in [-0.1, -0.05) is 11.6 Å². The third-order valence-electron chi connectivity index (χ3n) is 3.87. The SMILES string of the molecule is CCOC(=O)C(C)Oc1ccc2c(-c3ccc(F)cc3Cl)ccnc2c1. The van der Waals surface area contributed by atoms with E-state index in [2.05, 4.69) is 4.98 Å². The number of hydrogen-bond donors (Lipinski definition) is 0. The van der Waals surface area contributed by atoms with E-state index in [1.165, 1.54) is 12.1 Å². The van der Waals surface area contributed by atoms with E-state index in [0.717, 1.165) is 10.9 Å². The number of aromatic nitrogens is 1. The Morgan fingerprint density at radius 1 is 1.19 bits per heavy atom. The molecular formula is C20H17ClFNO3. The van der Waals surface area contributed by atoms with Gasteiger partial charge in [0.1, 0.15) is 11.6 Å². The summed E-state index contributed by atoms with van der Waals surface area (Å²) >= 11 is 6.19. The van der Waals surface area contributed by atoms with Crippen LogP contribution in [0.15, 0.2) is 48.7 Å². The van der Waals surface area contributed by atoms with E-state index in [9.17, 15) is 9.18 Å². The minimum atomic E-state index is -0.720. The first-order chi connectivity index (χ1) is 12.5. The van der Waals surface area contributed by atoms with Crippen LogP contribution in [0.2, 0.25) is 5.02 Å². The number of carbonyl (C=O) groups is 1. The second kappa shape index (κ2) is 7.70. The summed E-state index contributed by atoms with van der Waals surface area (Å²) < 4.78 is 23.9. The maximum atomic E-state index is 13.3. The monoisotopic (exact) mass is 373 g/mol. The molecule has 0 saturated heterocycles. The van der Waals surface area contributed by atoms with E-state index in [4.69, 9.17) is 21.1 Å². The minimum Gasteiger partial charge on any atom is -0.479 e. The molecule has 1 heterocycles. The first-order valence-corrected chi connectivity index (χ1v) is 8.55. The predicted molar refractivity (Wildman–Crippen MR) is 98.9 cm³/mol. The van der Waals surface area contributed by atoms with Crippen LogP contribution in [0.5, 0.6) is 5.75 Å². The van der Waals surface area contributed by atoms with Gasteiger partial charge in [0, 0.05) is 23.2 Å². The lowest BCUT2D eigenvalue weighted by Crippen LogP contribution is -2.26. The first-order valence-electron chi connectivity index (χ1n) is 8.17. The molecule has 26 heavy (non-hydrogen) atoms. The number of carbonyl (C=O) groups excluding carboxylic acids is 1. The molecule has 0 aliphatic carbocycles. The third-order valence-corrected chi connectivity index (χ3v) is 4.18. The normalized spacial score (nSPS) is 12.0. The second-order valence-corrected chi connectivity index (χ2v) is 6.08. The number of hydrogen-bond acceptors (Lipinski definition) is 4. The quantitative estimate of drug-likeness (QED) is 0.589. The van der Waals surface area contributed by atoms with Crippen molar-refractivity contribution in [3.63, 3.8) is 0 Å². The highest BCUT2D eigenvalue weighted by molar-refractivity contribution is 6.33. The number of benzene rings is 2. The van der Waals surface area contributed by atoms with Crippen molar-refractivity contribution in [2.75, 3.05) is 6.61 Å². The summed E-state index contributed by atoms with van der Waals surface area (Å²) in [6, 6.07) is 11.4. The van der Waals surface area contributed by atoms with Crippen molar-refractivity contribution in [3.05, 3.63) is 59.5 Å². The summed E-state index contributed by atoms with van der Waals surface area (Å²) in [6.07, 6.45) is 0.928. The molecule has 134 valence electrons. The molecule has 1 atom stereocenters. The van der Waals surface area contributed by atoms with Crippen LogP contribution in [0.4, 0.5) is 4.39 Å². The first kappa shape index (κ1) is 18.1. The fraction of sp³-hybridized carbons (Fsp3) is 0.200. The number of esters is 1. The summed E-state index contributed by atoms with van der Waals surface area (Å²) in [4.78, 5) is 16.1. The molecule has 0 amide bonds. The van der Waals surface area contributed by atoms with Crippen molar-refractivity contribution >= 4 is 28.5 Å². The van der Waals surface area contributed by atoms with Gasteiger partial charge in [-0.15, -0.1) is 0 Å². The van der Waals surface area contributed by atoms with Crippen molar-refractivity contribution in [2.24, 2.45) is 0 Å². The Balaban J connectivity index is 1.96. The van der Waals surface area contributed by atoms with E-state index in [0.29, 0.717) is 28.5 Å². The molecule has 1 aromatic heterocycles. The minimum absolute atomic E-state index is 0.299. The highest BCUT2D eigenvalue weighted by Gasteiger charge is 2.16. The van der Waals surface area contributed by atoms with Crippen LogP contribution < -0.4 is 4.74 Å². The van der Waals surface area contributed by atoms with Crippen molar-refractivity contribution in [3.8, 4) is 16.9 Å². The fourth-order valence-electron chi connectivity index (χ4n) is 2.66. The molecule has 0 N–H and O–H groups in total. The molecule has 0 saturated carbocycles. The lowest BCUT2D eigenvalue weighted by atomic mass is 10.0. The number of pyridine rings is 1. The Kier molecular flexibility index (Phi) is 5.38. The molecule has 2 aromatic carbocycles. The molecule has 0 aliphatic rings. The van der Waals surface area contributed by atoms with E-state index in [-0.39, 0.29) is 5.82 Å². The second-order valence-electron chi connectivity index (χ2n) is 5.67. The van der Waals surface area contributed by atoms with Crippen LogP contribution in [0.25, 0.3) is 22.0 Å².